The van der Waals surface area contributed by atoms with Crippen molar-refractivity contribution >= 4 is 16.6 Å². The maximum absolute atomic E-state index is 5.27. The summed E-state index contributed by atoms with van der Waals surface area (Å²) in [5.41, 5.74) is 3.44. The van der Waals surface area contributed by atoms with Crippen molar-refractivity contribution in [1.29, 1.82) is 0 Å². The molecule has 0 radical (unpaired) electrons. The van der Waals surface area contributed by atoms with Gasteiger partial charge in [-0.15, -0.1) is 0 Å². The molecular weight excluding hydrogens is 252 g/mol. The minimum absolute atomic E-state index is 0.870. The van der Waals surface area contributed by atoms with Gasteiger partial charge < -0.3 is 15.1 Å². The van der Waals surface area contributed by atoms with E-state index in [4.69, 9.17) is 4.74 Å². The Kier molecular flexibility index (Phi) is 3.71. The van der Waals surface area contributed by atoms with Crippen molar-refractivity contribution in [1.82, 2.24) is 14.9 Å². The summed E-state index contributed by atoms with van der Waals surface area (Å²) < 4.78 is 5.27. The highest BCUT2D eigenvalue weighted by atomic mass is 16.5. The van der Waals surface area contributed by atoms with Crippen LogP contribution in [0.15, 0.2) is 30.5 Å². The van der Waals surface area contributed by atoms with Crippen LogP contribution in [-0.2, 0) is 0 Å². The van der Waals surface area contributed by atoms with Crippen LogP contribution in [0.25, 0.3) is 10.8 Å². The molecule has 0 saturated carbocycles. The van der Waals surface area contributed by atoms with E-state index in [0.29, 0.717) is 0 Å². The Hall–Kier alpha value is -1.85. The lowest BCUT2D eigenvalue weighted by Crippen LogP contribution is -2.47. The second-order valence-corrected chi connectivity index (χ2v) is 5.15. The number of nitrogens with zero attached hydrogens (tertiary/aromatic N) is 3. The van der Waals surface area contributed by atoms with Crippen molar-refractivity contribution in [3.63, 3.8) is 0 Å². The third-order valence-electron chi connectivity index (χ3n) is 3.74. The molecule has 1 aromatic carbocycles. The first-order valence-electron chi connectivity index (χ1n) is 6.89. The Labute approximate surface area is 119 Å². The molecule has 1 fully saturated rings. The number of anilines is 1. The van der Waals surface area contributed by atoms with E-state index in [1.165, 1.54) is 0 Å². The Bertz CT molecular complexity index is 593. The van der Waals surface area contributed by atoms with Gasteiger partial charge in [0.25, 0.3) is 0 Å². The largest absolute Gasteiger partial charge is 0.497 e. The zero-order valence-corrected chi connectivity index (χ0v) is 12.0. The van der Waals surface area contributed by atoms with E-state index in [1.807, 2.05) is 24.4 Å². The lowest BCUT2D eigenvalue weighted by Gasteiger charge is -2.32. The van der Waals surface area contributed by atoms with Crippen molar-refractivity contribution in [2.75, 3.05) is 45.8 Å². The smallest absolute Gasteiger partial charge is 0.148 e. The van der Waals surface area contributed by atoms with E-state index in [1.54, 1.807) is 7.11 Å². The normalized spacial score (nSPS) is 17.3. The SMILES string of the molecule is COc1ccc2c(NN3CCN(C)CC3)nccc2c1. The maximum Gasteiger partial charge on any atom is 0.148 e. The number of hydrazine groups is 1. The average molecular weight is 272 g/mol. The number of ether oxygens (including phenoxy) is 1. The molecule has 1 saturated heterocycles. The quantitative estimate of drug-likeness (QED) is 0.923. The van der Waals surface area contributed by atoms with Crippen LogP contribution >= 0.6 is 0 Å². The van der Waals surface area contributed by atoms with Crippen molar-refractivity contribution < 1.29 is 4.74 Å². The number of hydrogen-bond acceptors (Lipinski definition) is 5. The van der Waals surface area contributed by atoms with Crippen LogP contribution in [0.5, 0.6) is 5.75 Å². The zero-order chi connectivity index (χ0) is 13.9. The second-order valence-electron chi connectivity index (χ2n) is 5.15. The molecular formula is C15H20N4O. The number of methoxy groups -OCH3 is 1. The van der Waals surface area contributed by atoms with E-state index in [0.717, 1.165) is 48.5 Å². The van der Waals surface area contributed by atoms with Gasteiger partial charge in [-0.2, -0.15) is 0 Å². The fraction of sp³-hybridized carbons (Fsp3) is 0.400. The van der Waals surface area contributed by atoms with Gasteiger partial charge in [0, 0.05) is 37.8 Å². The summed E-state index contributed by atoms with van der Waals surface area (Å²) >= 11 is 0. The van der Waals surface area contributed by atoms with E-state index in [9.17, 15) is 0 Å². The second kappa shape index (κ2) is 5.64. The lowest BCUT2D eigenvalue weighted by atomic mass is 10.1. The number of likely N-dealkylation sites (N-methyl/N-ethyl adjacent to an activating group) is 1. The molecule has 0 unspecified atom stereocenters. The minimum Gasteiger partial charge on any atom is -0.497 e. The standard InChI is InChI=1S/C15H20N4O/c1-18-7-9-19(10-8-18)17-15-14-4-3-13(20-2)11-12(14)5-6-16-15/h3-6,11H,7-10H2,1-2H3,(H,16,17). The molecule has 3 rings (SSSR count). The van der Waals surface area contributed by atoms with E-state index in [2.05, 4.69) is 33.4 Å². The first-order valence-corrected chi connectivity index (χ1v) is 6.89. The molecule has 5 nitrogen and oxygen atoms in total. The van der Waals surface area contributed by atoms with Crippen LogP contribution in [0.3, 0.4) is 0 Å². The summed E-state index contributed by atoms with van der Waals surface area (Å²) in [6, 6.07) is 8.07. The number of rotatable bonds is 3. The molecule has 1 N–H and O–H groups in total. The van der Waals surface area contributed by atoms with E-state index in [-0.39, 0.29) is 0 Å². The maximum atomic E-state index is 5.27. The third-order valence-corrected chi connectivity index (χ3v) is 3.74. The first-order chi connectivity index (χ1) is 9.76. The van der Waals surface area contributed by atoms with Crippen LogP contribution in [0, 0.1) is 0 Å². The number of fused-ring (bicyclic) bond motifs is 1. The molecule has 2 heterocycles. The van der Waals surface area contributed by atoms with Crippen LogP contribution in [0.1, 0.15) is 0 Å². The molecule has 106 valence electrons. The minimum atomic E-state index is 0.870. The number of piperazine rings is 1. The molecule has 1 aromatic heterocycles. The van der Waals surface area contributed by atoms with Crippen molar-refractivity contribution in [2.24, 2.45) is 0 Å². The highest BCUT2D eigenvalue weighted by Gasteiger charge is 2.14. The fourth-order valence-corrected chi connectivity index (χ4v) is 2.44. The van der Waals surface area contributed by atoms with E-state index < -0.39 is 0 Å². The molecule has 0 spiro atoms. The van der Waals surface area contributed by atoms with Gasteiger partial charge in [-0.3, -0.25) is 0 Å². The predicted octanol–water partition coefficient (Wildman–Crippen LogP) is 1.82. The van der Waals surface area contributed by atoms with Gasteiger partial charge in [0.05, 0.1) is 7.11 Å². The summed E-state index contributed by atoms with van der Waals surface area (Å²) in [4.78, 5) is 6.80. The zero-order valence-electron chi connectivity index (χ0n) is 12.0. The Morgan fingerprint density at radius 2 is 1.95 bits per heavy atom. The van der Waals surface area contributed by atoms with Gasteiger partial charge in [-0.25, -0.2) is 9.99 Å². The Morgan fingerprint density at radius 3 is 2.70 bits per heavy atom. The van der Waals surface area contributed by atoms with Gasteiger partial charge in [-0.1, -0.05) is 0 Å². The molecule has 20 heavy (non-hydrogen) atoms. The van der Waals surface area contributed by atoms with Crippen molar-refractivity contribution in [2.45, 2.75) is 0 Å². The number of nitrogens with one attached hydrogen (secondary N) is 1. The average Bonchev–Trinajstić information content (AvgIpc) is 2.49. The first kappa shape index (κ1) is 13.1. The molecule has 0 atom stereocenters. The van der Waals surface area contributed by atoms with Gasteiger partial charge in [0.1, 0.15) is 11.6 Å². The summed E-state index contributed by atoms with van der Waals surface area (Å²) in [7, 11) is 3.84. The highest BCUT2D eigenvalue weighted by Crippen LogP contribution is 2.25. The van der Waals surface area contributed by atoms with Gasteiger partial charge in [0.2, 0.25) is 0 Å². The van der Waals surface area contributed by atoms with Gasteiger partial charge in [-0.05, 0) is 36.7 Å². The molecule has 2 aromatic rings. The Morgan fingerprint density at radius 1 is 1.15 bits per heavy atom. The van der Waals surface area contributed by atoms with Crippen LogP contribution in [-0.4, -0.2) is 55.2 Å². The number of aromatic nitrogens is 1. The highest BCUT2D eigenvalue weighted by molar-refractivity contribution is 5.92. The molecule has 0 aliphatic carbocycles. The number of pyridine rings is 1. The third kappa shape index (κ3) is 2.69. The number of hydrogen-bond donors (Lipinski definition) is 1. The monoisotopic (exact) mass is 272 g/mol. The molecule has 1 aliphatic rings. The topological polar surface area (TPSA) is 40.6 Å². The fourth-order valence-electron chi connectivity index (χ4n) is 2.44. The molecule has 0 amide bonds. The molecule has 0 bridgehead atoms. The van der Waals surface area contributed by atoms with Crippen LogP contribution in [0.4, 0.5) is 5.82 Å². The summed E-state index contributed by atoms with van der Waals surface area (Å²) in [6.07, 6.45) is 1.83. The van der Waals surface area contributed by atoms with E-state index >= 15 is 0 Å². The van der Waals surface area contributed by atoms with Crippen LogP contribution in [0.2, 0.25) is 0 Å². The lowest BCUT2D eigenvalue weighted by molar-refractivity contribution is 0.178. The molecule has 5 heteroatoms. The van der Waals surface area contributed by atoms with Gasteiger partial charge >= 0.3 is 0 Å². The summed E-state index contributed by atoms with van der Waals surface area (Å²) in [5, 5.41) is 4.48. The predicted molar refractivity (Wildman–Crippen MR) is 81.0 cm³/mol. The van der Waals surface area contributed by atoms with Crippen molar-refractivity contribution in [3.8, 4) is 5.75 Å². The van der Waals surface area contributed by atoms with Crippen molar-refractivity contribution in [3.05, 3.63) is 30.5 Å². The van der Waals surface area contributed by atoms with Crippen LogP contribution < -0.4 is 10.2 Å². The summed E-state index contributed by atoms with van der Waals surface area (Å²) in [5.74, 6) is 1.78. The Balaban J connectivity index is 1.84. The number of benzene rings is 1. The molecule has 1 aliphatic heterocycles. The van der Waals surface area contributed by atoms with Gasteiger partial charge in [0.15, 0.2) is 0 Å². The summed E-state index contributed by atoms with van der Waals surface area (Å²) in [6.45, 7) is 4.16.